The molecule has 0 saturated heterocycles. The number of thiazole rings is 1. The van der Waals surface area contributed by atoms with Gasteiger partial charge in [-0.1, -0.05) is 29.5 Å². The van der Waals surface area contributed by atoms with E-state index in [1.165, 1.54) is 35.8 Å². The van der Waals surface area contributed by atoms with Crippen LogP contribution in [0, 0.1) is 0 Å². The van der Waals surface area contributed by atoms with Crippen molar-refractivity contribution in [3.8, 4) is 10.6 Å². The van der Waals surface area contributed by atoms with Gasteiger partial charge in [0.05, 0.1) is 15.6 Å². The molecule has 2 nitrogen and oxygen atoms in total. The van der Waals surface area contributed by atoms with Crippen LogP contribution >= 0.6 is 22.7 Å². The Kier molecular flexibility index (Phi) is 1.80. The minimum absolute atomic E-state index is 1.000. The zero-order chi connectivity index (χ0) is 12.4. The molecule has 1 aromatic carbocycles. The lowest BCUT2D eigenvalue weighted by Crippen LogP contribution is -2.30. The number of pyridine rings is 1. The molecular weight excluding hydrogens is 272 g/mol. The minimum atomic E-state index is 1.000. The summed E-state index contributed by atoms with van der Waals surface area (Å²) in [6, 6.07) is 10.9. The maximum atomic E-state index is 4.23. The van der Waals surface area contributed by atoms with Crippen LogP contribution in [0.25, 0.3) is 30.2 Å². The van der Waals surface area contributed by atoms with Gasteiger partial charge in [-0.25, -0.2) is 0 Å². The molecule has 0 aliphatic carbocycles. The Morgan fingerprint density at radius 2 is 2.05 bits per heavy atom. The fourth-order valence-electron chi connectivity index (χ4n) is 2.87. The maximum absolute atomic E-state index is 4.23. The molecule has 0 amide bonds. The summed E-state index contributed by atoms with van der Waals surface area (Å²) < 4.78 is 5.16. The van der Waals surface area contributed by atoms with E-state index in [2.05, 4.69) is 39.9 Å². The third-order valence-electron chi connectivity index (χ3n) is 3.72. The lowest BCUT2D eigenvalue weighted by Gasteiger charge is -1.89. The van der Waals surface area contributed by atoms with Gasteiger partial charge in [0.15, 0.2) is 10.6 Å². The van der Waals surface area contributed by atoms with E-state index >= 15 is 0 Å². The van der Waals surface area contributed by atoms with Gasteiger partial charge in [0.2, 0.25) is 5.52 Å². The Bertz CT molecular complexity index is 949. The van der Waals surface area contributed by atoms with E-state index in [-0.39, 0.29) is 0 Å². The van der Waals surface area contributed by atoms with Crippen LogP contribution < -0.4 is 4.57 Å². The van der Waals surface area contributed by atoms with Crippen LogP contribution in [0.3, 0.4) is 0 Å². The van der Waals surface area contributed by atoms with Crippen LogP contribution in [0.2, 0.25) is 0 Å². The number of rotatable bonds is 0. The molecule has 4 aromatic rings. The fourth-order valence-corrected chi connectivity index (χ4v) is 5.52. The quantitative estimate of drug-likeness (QED) is 0.394. The van der Waals surface area contributed by atoms with Gasteiger partial charge in [-0.15, -0.1) is 11.3 Å². The van der Waals surface area contributed by atoms with E-state index in [9.17, 15) is 0 Å². The number of fused-ring (bicyclic) bond motifs is 7. The van der Waals surface area contributed by atoms with E-state index in [1.807, 2.05) is 35.1 Å². The van der Waals surface area contributed by atoms with Gasteiger partial charge in [0.1, 0.15) is 0 Å². The summed E-state index contributed by atoms with van der Waals surface area (Å²) in [4.78, 5) is 4.23. The second kappa shape index (κ2) is 3.40. The monoisotopic (exact) mass is 281 g/mol. The molecule has 4 heterocycles. The van der Waals surface area contributed by atoms with Crippen molar-refractivity contribution in [2.75, 3.05) is 0 Å². The molecule has 3 aromatic heterocycles. The van der Waals surface area contributed by atoms with E-state index in [0.717, 1.165) is 6.54 Å². The molecular formula is C15H9N2S2+. The van der Waals surface area contributed by atoms with Crippen molar-refractivity contribution in [1.82, 2.24) is 4.98 Å². The van der Waals surface area contributed by atoms with Gasteiger partial charge in [-0.05, 0) is 12.1 Å². The largest absolute Gasteiger partial charge is 0.271 e. The second-order valence-corrected chi connectivity index (χ2v) is 7.07. The fraction of sp³-hybridized carbons (Fsp3) is 0.0667. The first kappa shape index (κ1) is 10.1. The molecule has 0 radical (unpaired) electrons. The number of nitrogens with zero attached hydrogens (tertiary/aromatic N) is 2. The maximum Gasteiger partial charge on any atom is 0.271 e. The third-order valence-corrected chi connectivity index (χ3v) is 6.15. The number of hydrogen-bond acceptors (Lipinski definition) is 3. The normalized spacial score (nSPS) is 13.1. The Morgan fingerprint density at radius 3 is 3.05 bits per heavy atom. The Morgan fingerprint density at radius 1 is 1.11 bits per heavy atom. The van der Waals surface area contributed by atoms with Crippen LogP contribution in [0.5, 0.6) is 0 Å². The minimum Gasteiger partial charge on any atom is -0.263 e. The Hall–Kier alpha value is -1.78. The number of aromatic nitrogens is 2. The zero-order valence-corrected chi connectivity index (χ0v) is 11.6. The van der Waals surface area contributed by atoms with E-state index < -0.39 is 0 Å². The molecule has 0 fully saturated rings. The van der Waals surface area contributed by atoms with Gasteiger partial charge in [0.25, 0.3) is 5.01 Å². The predicted octanol–water partition coefficient (Wildman–Crippen LogP) is 3.83. The summed E-state index contributed by atoms with van der Waals surface area (Å²) in [5.41, 5.74) is 4.22. The average Bonchev–Trinajstić information content (AvgIpc) is 3.05. The summed E-state index contributed by atoms with van der Waals surface area (Å²) in [6.07, 6.45) is 3.86. The molecule has 5 rings (SSSR count). The SMILES string of the molecule is c1ccc2c(c1)C[n+]1c-2sc2sc3cnccc3c21. The highest BCUT2D eigenvalue weighted by Crippen LogP contribution is 2.41. The molecule has 0 bridgehead atoms. The smallest absolute Gasteiger partial charge is 0.263 e. The lowest BCUT2D eigenvalue weighted by molar-refractivity contribution is -0.641. The van der Waals surface area contributed by atoms with Gasteiger partial charge >= 0.3 is 0 Å². The second-order valence-electron chi connectivity index (χ2n) is 4.76. The number of benzene rings is 1. The van der Waals surface area contributed by atoms with Gasteiger partial charge in [-0.3, -0.25) is 4.98 Å². The first-order valence-corrected chi connectivity index (χ1v) is 7.82. The van der Waals surface area contributed by atoms with Crippen LogP contribution in [-0.4, -0.2) is 4.98 Å². The van der Waals surface area contributed by atoms with Crippen LogP contribution in [-0.2, 0) is 6.54 Å². The molecule has 19 heavy (non-hydrogen) atoms. The summed E-state index contributed by atoms with van der Waals surface area (Å²) in [7, 11) is 0. The van der Waals surface area contributed by atoms with E-state index in [0.29, 0.717) is 0 Å². The van der Waals surface area contributed by atoms with Gasteiger partial charge in [-0.2, -0.15) is 4.57 Å². The number of hydrogen-bond donors (Lipinski definition) is 0. The highest BCUT2D eigenvalue weighted by molar-refractivity contribution is 7.42. The molecule has 1 aliphatic heterocycles. The molecule has 0 N–H and O–H groups in total. The van der Waals surface area contributed by atoms with Crippen LogP contribution in [0.15, 0.2) is 42.7 Å². The molecule has 0 unspecified atom stereocenters. The summed E-state index contributed by atoms with van der Waals surface area (Å²) in [5.74, 6) is 0. The van der Waals surface area contributed by atoms with Crippen LogP contribution in [0.1, 0.15) is 5.56 Å². The highest BCUT2D eigenvalue weighted by atomic mass is 32.2. The van der Waals surface area contributed by atoms with Gasteiger partial charge in [0, 0.05) is 18.0 Å². The van der Waals surface area contributed by atoms with Crippen molar-refractivity contribution in [3.05, 3.63) is 48.3 Å². The first-order valence-electron chi connectivity index (χ1n) is 6.19. The predicted molar refractivity (Wildman–Crippen MR) is 79.7 cm³/mol. The molecule has 4 heteroatoms. The standard InChI is InChI=1S/C15H9N2S2/c1-2-4-10-9(3-1)8-17-13-11-5-6-16-7-12(11)18-15(13)19-14(10)17/h1-7H,8H2/q+1. The topological polar surface area (TPSA) is 16.8 Å². The Labute approximate surface area is 117 Å². The summed E-state index contributed by atoms with van der Waals surface area (Å²) in [5, 5.41) is 2.74. The molecule has 1 aliphatic rings. The zero-order valence-electron chi connectivity index (χ0n) is 9.96. The molecule has 90 valence electrons. The van der Waals surface area contributed by atoms with Crippen molar-refractivity contribution >= 4 is 42.3 Å². The first-order chi connectivity index (χ1) is 9.42. The van der Waals surface area contributed by atoms with Gasteiger partial charge < -0.3 is 0 Å². The average molecular weight is 281 g/mol. The van der Waals surface area contributed by atoms with Crippen molar-refractivity contribution in [2.24, 2.45) is 0 Å². The van der Waals surface area contributed by atoms with Crippen molar-refractivity contribution in [3.63, 3.8) is 0 Å². The van der Waals surface area contributed by atoms with Crippen molar-refractivity contribution in [1.29, 1.82) is 0 Å². The Balaban J connectivity index is 1.94. The third kappa shape index (κ3) is 1.20. The summed E-state index contributed by atoms with van der Waals surface area (Å²) >= 11 is 3.76. The molecule has 0 saturated carbocycles. The van der Waals surface area contributed by atoms with E-state index in [1.54, 1.807) is 0 Å². The van der Waals surface area contributed by atoms with Crippen molar-refractivity contribution < 1.29 is 4.57 Å². The van der Waals surface area contributed by atoms with Crippen LogP contribution in [0.4, 0.5) is 0 Å². The van der Waals surface area contributed by atoms with Crippen molar-refractivity contribution in [2.45, 2.75) is 6.54 Å². The lowest BCUT2D eigenvalue weighted by atomic mass is 10.1. The highest BCUT2D eigenvalue weighted by Gasteiger charge is 2.33. The molecule has 0 atom stereocenters. The van der Waals surface area contributed by atoms with E-state index in [4.69, 9.17) is 0 Å². The summed E-state index contributed by atoms with van der Waals surface area (Å²) in [6.45, 7) is 1.000. The number of thiophene rings is 1. The molecule has 0 spiro atoms.